The number of amides is 1. The van der Waals surface area contributed by atoms with Gasteiger partial charge in [0.05, 0.1) is 12.2 Å². The maximum Gasteiger partial charge on any atom is 0.267 e. The smallest absolute Gasteiger partial charge is 0.267 e. The molecule has 0 unspecified atom stereocenters. The molecule has 136 valence electrons. The molecule has 2 aromatic carbocycles. The van der Waals surface area contributed by atoms with Gasteiger partial charge in [-0.05, 0) is 23.8 Å². The maximum atomic E-state index is 13.4. The number of nitrogens with zero attached hydrogens (tertiary/aromatic N) is 3. The van der Waals surface area contributed by atoms with Crippen LogP contribution in [-0.4, -0.2) is 27.1 Å². The highest BCUT2D eigenvalue weighted by molar-refractivity contribution is 5.94. The Hall–Kier alpha value is -3.28. The van der Waals surface area contributed by atoms with Gasteiger partial charge in [0.1, 0.15) is 5.82 Å². The summed E-state index contributed by atoms with van der Waals surface area (Å²) in [6, 6.07) is 16.9. The number of hydrogen-bond donors (Lipinski definition) is 0. The Kier molecular flexibility index (Phi) is 4.54. The summed E-state index contributed by atoms with van der Waals surface area (Å²) in [6.45, 7) is 1.21. The lowest BCUT2D eigenvalue weighted by Crippen LogP contribution is -2.38. The largest absolute Gasteiger partial charge is 0.334 e. The highest BCUT2D eigenvalue weighted by atomic mass is 19.1. The van der Waals surface area contributed by atoms with Gasteiger partial charge in [-0.3, -0.25) is 9.59 Å². The lowest BCUT2D eigenvalue weighted by molar-refractivity contribution is 0.0732. The van der Waals surface area contributed by atoms with E-state index in [4.69, 9.17) is 0 Å². The van der Waals surface area contributed by atoms with Crippen LogP contribution in [0.25, 0.3) is 0 Å². The van der Waals surface area contributed by atoms with Crippen LogP contribution in [0.1, 0.15) is 27.2 Å². The fraction of sp³-hybridized carbons (Fsp3) is 0.190. The molecule has 0 bridgehead atoms. The van der Waals surface area contributed by atoms with Crippen molar-refractivity contribution < 1.29 is 9.18 Å². The van der Waals surface area contributed by atoms with Gasteiger partial charge in [-0.2, -0.15) is 5.10 Å². The molecule has 1 aromatic heterocycles. The van der Waals surface area contributed by atoms with E-state index in [0.717, 1.165) is 16.8 Å². The molecule has 1 aliphatic heterocycles. The van der Waals surface area contributed by atoms with Crippen LogP contribution in [-0.2, 0) is 19.5 Å². The fourth-order valence-electron chi connectivity index (χ4n) is 3.29. The monoisotopic (exact) mass is 363 g/mol. The molecule has 0 saturated carbocycles. The van der Waals surface area contributed by atoms with Gasteiger partial charge in [0, 0.05) is 36.7 Å². The van der Waals surface area contributed by atoms with Crippen molar-refractivity contribution in [1.29, 1.82) is 0 Å². The molecule has 6 heteroatoms. The average molecular weight is 363 g/mol. The summed E-state index contributed by atoms with van der Waals surface area (Å²) in [5.41, 5.74) is 2.70. The van der Waals surface area contributed by atoms with Gasteiger partial charge < -0.3 is 4.90 Å². The molecule has 0 radical (unpaired) electrons. The molecule has 3 aromatic rings. The zero-order valence-corrected chi connectivity index (χ0v) is 14.6. The maximum absolute atomic E-state index is 13.4. The number of fused-ring (bicyclic) bond motifs is 1. The van der Waals surface area contributed by atoms with Crippen LogP contribution < -0.4 is 5.56 Å². The highest BCUT2D eigenvalue weighted by Gasteiger charge is 2.24. The lowest BCUT2D eigenvalue weighted by atomic mass is 10.1. The number of carbonyl (C=O) groups excluding carboxylic acids is 1. The van der Waals surface area contributed by atoms with Crippen LogP contribution in [0.2, 0.25) is 0 Å². The molecule has 0 N–H and O–H groups in total. The first-order valence-electron chi connectivity index (χ1n) is 8.79. The van der Waals surface area contributed by atoms with E-state index in [9.17, 15) is 14.0 Å². The summed E-state index contributed by atoms with van der Waals surface area (Å²) in [4.78, 5) is 26.7. The summed E-state index contributed by atoms with van der Waals surface area (Å²) >= 11 is 0. The molecule has 0 atom stereocenters. The van der Waals surface area contributed by atoms with Gasteiger partial charge in [0.25, 0.3) is 11.5 Å². The van der Waals surface area contributed by atoms with Crippen molar-refractivity contribution in [2.45, 2.75) is 19.5 Å². The molecular weight excluding hydrogens is 345 g/mol. The Labute approximate surface area is 155 Å². The van der Waals surface area contributed by atoms with E-state index in [2.05, 4.69) is 5.10 Å². The second kappa shape index (κ2) is 7.15. The first-order chi connectivity index (χ1) is 13.1. The first kappa shape index (κ1) is 17.1. The predicted molar refractivity (Wildman–Crippen MR) is 98.9 cm³/mol. The second-order valence-corrected chi connectivity index (χ2v) is 6.58. The molecule has 5 nitrogen and oxygen atoms in total. The minimum Gasteiger partial charge on any atom is -0.334 e. The van der Waals surface area contributed by atoms with Crippen LogP contribution in [0.3, 0.4) is 0 Å². The van der Waals surface area contributed by atoms with Crippen molar-refractivity contribution in [1.82, 2.24) is 14.7 Å². The van der Waals surface area contributed by atoms with E-state index >= 15 is 0 Å². The Morgan fingerprint density at radius 2 is 1.89 bits per heavy atom. The average Bonchev–Trinajstić information content (AvgIpc) is 2.68. The van der Waals surface area contributed by atoms with Crippen molar-refractivity contribution in [2.75, 3.05) is 6.54 Å². The third-order valence-electron chi connectivity index (χ3n) is 4.68. The molecule has 0 spiro atoms. The van der Waals surface area contributed by atoms with Gasteiger partial charge >= 0.3 is 0 Å². The van der Waals surface area contributed by atoms with Crippen LogP contribution >= 0.6 is 0 Å². The van der Waals surface area contributed by atoms with Crippen molar-refractivity contribution in [3.63, 3.8) is 0 Å². The zero-order valence-electron chi connectivity index (χ0n) is 14.6. The number of hydrogen-bond acceptors (Lipinski definition) is 3. The van der Waals surface area contributed by atoms with Crippen molar-refractivity contribution >= 4 is 5.91 Å². The SMILES string of the molecule is O=C(c1cccc(F)c1)N1CCc2nn(Cc3ccccc3)c(=O)cc2C1. The molecule has 1 aliphatic rings. The zero-order chi connectivity index (χ0) is 18.8. The van der Waals surface area contributed by atoms with E-state index in [1.54, 1.807) is 17.0 Å². The number of rotatable bonds is 3. The van der Waals surface area contributed by atoms with Crippen LogP contribution in [0.15, 0.2) is 65.5 Å². The van der Waals surface area contributed by atoms with E-state index in [0.29, 0.717) is 31.6 Å². The third kappa shape index (κ3) is 3.65. The van der Waals surface area contributed by atoms with Gasteiger partial charge in [0.15, 0.2) is 0 Å². The first-order valence-corrected chi connectivity index (χ1v) is 8.79. The summed E-state index contributed by atoms with van der Waals surface area (Å²) in [5, 5.41) is 4.49. The molecule has 0 saturated heterocycles. The van der Waals surface area contributed by atoms with E-state index in [1.165, 1.54) is 22.9 Å². The lowest BCUT2D eigenvalue weighted by Gasteiger charge is -2.28. The molecule has 2 heterocycles. The van der Waals surface area contributed by atoms with Crippen molar-refractivity contribution in [3.8, 4) is 0 Å². The molecule has 1 amide bonds. The molecule has 4 rings (SSSR count). The van der Waals surface area contributed by atoms with E-state index < -0.39 is 5.82 Å². The summed E-state index contributed by atoms with van der Waals surface area (Å²) in [7, 11) is 0. The summed E-state index contributed by atoms with van der Waals surface area (Å²) < 4.78 is 14.8. The standard InChI is InChI=1S/C21H18FN3O2/c22-18-8-4-7-16(11-18)21(27)24-10-9-19-17(14-24)12-20(26)25(23-19)13-15-5-2-1-3-6-15/h1-8,11-12H,9-10,13-14H2. The fourth-order valence-corrected chi connectivity index (χ4v) is 3.29. The van der Waals surface area contributed by atoms with Crippen LogP contribution in [0.5, 0.6) is 0 Å². The Morgan fingerprint density at radius 1 is 1.07 bits per heavy atom. The minimum absolute atomic E-state index is 0.197. The second-order valence-electron chi connectivity index (χ2n) is 6.58. The number of benzene rings is 2. The molecule has 27 heavy (non-hydrogen) atoms. The highest BCUT2D eigenvalue weighted by Crippen LogP contribution is 2.18. The number of aromatic nitrogens is 2. The molecule has 0 aliphatic carbocycles. The van der Waals surface area contributed by atoms with E-state index in [1.807, 2.05) is 30.3 Å². The van der Waals surface area contributed by atoms with Crippen LogP contribution in [0, 0.1) is 5.82 Å². The Bertz CT molecular complexity index is 1050. The number of carbonyl (C=O) groups is 1. The third-order valence-corrected chi connectivity index (χ3v) is 4.68. The van der Waals surface area contributed by atoms with Gasteiger partial charge in [0.2, 0.25) is 0 Å². The van der Waals surface area contributed by atoms with E-state index in [-0.39, 0.29) is 11.5 Å². The summed E-state index contributed by atoms with van der Waals surface area (Å²) in [6.07, 6.45) is 0.561. The van der Waals surface area contributed by atoms with Gasteiger partial charge in [-0.25, -0.2) is 9.07 Å². The Morgan fingerprint density at radius 3 is 2.67 bits per heavy atom. The van der Waals surface area contributed by atoms with Crippen LogP contribution in [0.4, 0.5) is 4.39 Å². The number of halogens is 1. The summed E-state index contributed by atoms with van der Waals surface area (Å²) in [5.74, 6) is -0.683. The van der Waals surface area contributed by atoms with Crippen molar-refractivity contribution in [2.24, 2.45) is 0 Å². The topological polar surface area (TPSA) is 55.2 Å². The van der Waals surface area contributed by atoms with Gasteiger partial charge in [-0.15, -0.1) is 0 Å². The Balaban J connectivity index is 1.56. The molecular formula is C21H18FN3O2. The predicted octanol–water partition coefficient (Wildman–Crippen LogP) is 2.63. The quantitative estimate of drug-likeness (QED) is 0.719. The van der Waals surface area contributed by atoms with Gasteiger partial charge in [-0.1, -0.05) is 36.4 Å². The minimum atomic E-state index is -0.441. The normalized spacial score (nSPS) is 13.3. The molecule has 0 fully saturated rings. The van der Waals surface area contributed by atoms with Crippen molar-refractivity contribution in [3.05, 3.63) is 99.2 Å².